The van der Waals surface area contributed by atoms with E-state index in [1.165, 1.54) is 32.1 Å². The summed E-state index contributed by atoms with van der Waals surface area (Å²) >= 11 is 0. The van der Waals surface area contributed by atoms with E-state index in [4.69, 9.17) is 14.8 Å². The minimum Gasteiger partial charge on any atom is -0.493 e. The van der Waals surface area contributed by atoms with Crippen LogP contribution in [-0.4, -0.2) is 23.8 Å². The van der Waals surface area contributed by atoms with E-state index in [0.717, 1.165) is 24.3 Å². The Kier molecular flexibility index (Phi) is 7.60. The molecule has 0 aliphatic carbocycles. The van der Waals surface area contributed by atoms with Gasteiger partial charge in [0.25, 0.3) is 0 Å². The summed E-state index contributed by atoms with van der Waals surface area (Å²) in [6.07, 6.45) is 7.49. The highest BCUT2D eigenvalue weighted by Crippen LogP contribution is 2.16. The Balaban J connectivity index is 2.26. The van der Waals surface area contributed by atoms with Crippen LogP contribution >= 0.6 is 0 Å². The molecule has 0 aliphatic rings. The van der Waals surface area contributed by atoms with Crippen molar-refractivity contribution in [2.24, 2.45) is 0 Å². The summed E-state index contributed by atoms with van der Waals surface area (Å²) in [4.78, 5) is 0. The largest absolute Gasteiger partial charge is 0.493 e. The summed E-state index contributed by atoms with van der Waals surface area (Å²) < 4.78 is 5.71. The third kappa shape index (κ3) is 6.12. The number of ether oxygens (including phenoxy) is 1. The first kappa shape index (κ1) is 16.1. The quantitative estimate of drug-likeness (QED) is 0.532. The van der Waals surface area contributed by atoms with Gasteiger partial charge in [-0.3, -0.25) is 0 Å². The Morgan fingerprint density at radius 2 is 1.74 bits per heavy atom. The monoisotopic (exact) mass is 264 g/mol. The average Bonchev–Trinajstić information content (AvgIpc) is 2.39. The third-order valence-electron chi connectivity index (χ3n) is 3.25. The molecule has 0 saturated heterocycles. The Morgan fingerprint density at radius 1 is 1.05 bits per heavy atom. The van der Waals surface area contributed by atoms with Crippen molar-refractivity contribution in [3.8, 4) is 5.75 Å². The van der Waals surface area contributed by atoms with Crippen molar-refractivity contribution in [2.75, 3.05) is 6.61 Å². The summed E-state index contributed by atoms with van der Waals surface area (Å²) in [5.41, 5.74) is 1.45. The molecule has 0 aliphatic heterocycles. The topological polar surface area (TPSA) is 49.7 Å². The number of benzene rings is 1. The fourth-order valence-corrected chi connectivity index (χ4v) is 2.06. The summed E-state index contributed by atoms with van der Waals surface area (Å²) in [6.45, 7) is 4.87. The van der Waals surface area contributed by atoms with E-state index in [-0.39, 0.29) is 0 Å². The van der Waals surface area contributed by atoms with E-state index in [0.29, 0.717) is 5.46 Å². The van der Waals surface area contributed by atoms with Gasteiger partial charge in [0.05, 0.1) is 6.61 Å². The van der Waals surface area contributed by atoms with E-state index in [2.05, 4.69) is 6.92 Å². The van der Waals surface area contributed by atoms with Crippen molar-refractivity contribution in [1.29, 1.82) is 0 Å². The summed E-state index contributed by atoms with van der Waals surface area (Å²) in [6, 6.07) is 5.25. The molecule has 0 heterocycles. The number of aryl methyl sites for hydroxylation is 1. The van der Waals surface area contributed by atoms with Crippen LogP contribution in [0.25, 0.3) is 0 Å². The molecule has 0 unspecified atom stereocenters. The lowest BCUT2D eigenvalue weighted by molar-refractivity contribution is 0.302. The van der Waals surface area contributed by atoms with Crippen LogP contribution in [0.15, 0.2) is 18.2 Å². The van der Waals surface area contributed by atoms with Gasteiger partial charge >= 0.3 is 7.12 Å². The van der Waals surface area contributed by atoms with Crippen LogP contribution in [0.3, 0.4) is 0 Å². The number of hydrogen-bond acceptors (Lipinski definition) is 3. The minimum atomic E-state index is -1.41. The molecule has 3 nitrogen and oxygen atoms in total. The van der Waals surface area contributed by atoms with Crippen molar-refractivity contribution in [3.05, 3.63) is 23.8 Å². The van der Waals surface area contributed by atoms with Gasteiger partial charge in [-0.05, 0) is 30.4 Å². The second-order valence-corrected chi connectivity index (χ2v) is 5.01. The summed E-state index contributed by atoms with van der Waals surface area (Å²) in [5, 5.41) is 18.1. The second-order valence-electron chi connectivity index (χ2n) is 5.01. The molecule has 0 aromatic heterocycles. The van der Waals surface area contributed by atoms with Crippen LogP contribution in [-0.2, 0) is 0 Å². The van der Waals surface area contributed by atoms with Crippen molar-refractivity contribution in [1.82, 2.24) is 0 Å². The van der Waals surface area contributed by atoms with Gasteiger partial charge in [0.15, 0.2) is 0 Å². The minimum absolute atomic E-state index is 0.504. The highest BCUT2D eigenvalue weighted by atomic mass is 16.5. The molecular formula is C15H25BO3. The van der Waals surface area contributed by atoms with Crippen molar-refractivity contribution in [2.45, 2.75) is 52.4 Å². The van der Waals surface area contributed by atoms with Crippen LogP contribution in [0.4, 0.5) is 0 Å². The standard InChI is InChI=1S/C15H25BO3/c1-3-4-5-6-7-8-11-19-15-10-9-14(16(17)18)12-13(15)2/h9-10,12,17-18H,3-8,11H2,1-2H3. The molecule has 1 aromatic carbocycles. The number of rotatable bonds is 9. The van der Waals surface area contributed by atoms with E-state index in [1.54, 1.807) is 18.2 Å². The van der Waals surface area contributed by atoms with Crippen LogP contribution in [0.2, 0.25) is 0 Å². The van der Waals surface area contributed by atoms with E-state index in [9.17, 15) is 0 Å². The lowest BCUT2D eigenvalue weighted by atomic mass is 9.79. The highest BCUT2D eigenvalue weighted by molar-refractivity contribution is 6.58. The van der Waals surface area contributed by atoms with Gasteiger partial charge in [0, 0.05) is 0 Å². The molecule has 1 rings (SSSR count). The van der Waals surface area contributed by atoms with Gasteiger partial charge in [0.1, 0.15) is 5.75 Å². The fourth-order valence-electron chi connectivity index (χ4n) is 2.06. The summed E-state index contributed by atoms with van der Waals surface area (Å²) in [7, 11) is -1.41. The third-order valence-corrected chi connectivity index (χ3v) is 3.25. The maximum Gasteiger partial charge on any atom is 0.488 e. The lowest BCUT2D eigenvalue weighted by Gasteiger charge is -2.10. The molecule has 0 bridgehead atoms. The normalized spacial score (nSPS) is 10.5. The zero-order chi connectivity index (χ0) is 14.1. The maximum atomic E-state index is 9.07. The van der Waals surface area contributed by atoms with Crippen molar-refractivity contribution >= 4 is 12.6 Å². The highest BCUT2D eigenvalue weighted by Gasteiger charge is 2.12. The maximum absolute atomic E-state index is 9.07. The first-order chi connectivity index (χ1) is 9.15. The Labute approximate surface area is 116 Å². The summed E-state index contributed by atoms with van der Waals surface area (Å²) in [5.74, 6) is 0.831. The van der Waals surface area contributed by atoms with E-state index in [1.807, 2.05) is 6.92 Å². The number of unbranched alkanes of at least 4 members (excludes halogenated alkanes) is 5. The zero-order valence-electron chi connectivity index (χ0n) is 12.1. The van der Waals surface area contributed by atoms with Gasteiger partial charge in [-0.1, -0.05) is 51.2 Å². The molecule has 106 valence electrons. The second kappa shape index (κ2) is 9.00. The van der Waals surface area contributed by atoms with Crippen LogP contribution in [0, 0.1) is 6.92 Å². The van der Waals surface area contributed by atoms with Gasteiger partial charge in [-0.25, -0.2) is 0 Å². The predicted octanol–water partition coefficient (Wildman–Crippen LogP) is 2.41. The first-order valence-electron chi connectivity index (χ1n) is 7.24. The Morgan fingerprint density at radius 3 is 2.37 bits per heavy atom. The van der Waals surface area contributed by atoms with E-state index >= 15 is 0 Å². The van der Waals surface area contributed by atoms with Crippen molar-refractivity contribution < 1.29 is 14.8 Å². The Bertz CT molecular complexity index is 366. The smallest absolute Gasteiger partial charge is 0.488 e. The van der Waals surface area contributed by atoms with Gasteiger partial charge < -0.3 is 14.8 Å². The van der Waals surface area contributed by atoms with Gasteiger partial charge in [-0.2, -0.15) is 0 Å². The molecule has 0 radical (unpaired) electrons. The molecule has 19 heavy (non-hydrogen) atoms. The molecule has 1 aromatic rings. The zero-order valence-corrected chi connectivity index (χ0v) is 12.1. The first-order valence-corrected chi connectivity index (χ1v) is 7.24. The van der Waals surface area contributed by atoms with Crippen LogP contribution in [0.1, 0.15) is 51.0 Å². The molecular weight excluding hydrogens is 239 g/mol. The molecule has 0 spiro atoms. The Hall–Kier alpha value is -0.995. The van der Waals surface area contributed by atoms with Crippen molar-refractivity contribution in [3.63, 3.8) is 0 Å². The molecule has 0 amide bonds. The van der Waals surface area contributed by atoms with E-state index < -0.39 is 7.12 Å². The predicted molar refractivity (Wildman–Crippen MR) is 79.9 cm³/mol. The number of hydrogen-bond donors (Lipinski definition) is 2. The van der Waals surface area contributed by atoms with Gasteiger partial charge in [-0.15, -0.1) is 0 Å². The molecule has 0 saturated carbocycles. The average molecular weight is 264 g/mol. The fraction of sp³-hybridized carbons (Fsp3) is 0.600. The van der Waals surface area contributed by atoms with Gasteiger partial charge in [0.2, 0.25) is 0 Å². The van der Waals surface area contributed by atoms with Crippen LogP contribution < -0.4 is 10.2 Å². The molecule has 0 atom stereocenters. The molecule has 0 fully saturated rings. The van der Waals surface area contributed by atoms with Crippen LogP contribution in [0.5, 0.6) is 5.75 Å². The lowest BCUT2D eigenvalue weighted by Crippen LogP contribution is -2.29. The SMILES string of the molecule is CCCCCCCCOc1ccc(B(O)O)cc1C. The molecule has 4 heteroatoms. The molecule has 2 N–H and O–H groups in total.